The first-order valence-electron chi connectivity index (χ1n) is 17.8. The Balaban J connectivity index is 2.03. The van der Waals surface area contributed by atoms with E-state index in [1.807, 2.05) is 55.5 Å². The van der Waals surface area contributed by atoms with Crippen LogP contribution in [0.5, 0.6) is 0 Å². The quantitative estimate of drug-likeness (QED) is 0.0825. The predicted molar refractivity (Wildman–Crippen MR) is 205 cm³/mol. The number of rotatable bonds is 23. The van der Waals surface area contributed by atoms with Gasteiger partial charge in [0.05, 0.1) is 17.9 Å². The van der Waals surface area contributed by atoms with E-state index in [0.717, 1.165) is 11.1 Å². The SMILES string of the molecule is CC(C)C[C@H](NC(=O)CCNC(=O)[C@@H](Cc1ccccc1)NC(=O)/C=C/C[C@H](O)[C@H](C)/C=C/c1ccccc1)C(=O)N(CC#N)S(=O)(=O)CCCC(N)=O. The number of nitriles is 1. The number of amides is 5. The molecule has 0 spiro atoms. The van der Waals surface area contributed by atoms with E-state index in [0.29, 0.717) is 4.31 Å². The zero-order valence-corrected chi connectivity index (χ0v) is 31.8. The Morgan fingerprint density at radius 1 is 0.944 bits per heavy atom. The standard InChI is InChI=1S/C39H52N6O8S/c1-28(2)26-33(39(51)45(24-22-40)54(52,53)25-11-17-35(41)47)44-37(49)21-23-42-38(50)32(27-31-14-8-5-9-15-31)43-36(48)18-10-16-34(46)29(3)19-20-30-12-6-4-7-13-30/h4-10,12-15,18-20,28-29,32-34,46H,11,16-17,21,23-27H2,1-3H3,(H2,41,47)(H,42,50)(H,43,48)(H,44,49)/b18-10+,20-19+/t29-,32-,33+,34+/m1/s1. The van der Waals surface area contributed by atoms with Gasteiger partial charge in [-0.05, 0) is 42.4 Å². The molecule has 292 valence electrons. The molecule has 0 aromatic heterocycles. The Morgan fingerprint density at radius 3 is 2.20 bits per heavy atom. The Hall–Kier alpha value is -5.33. The molecule has 0 aliphatic carbocycles. The van der Waals surface area contributed by atoms with E-state index in [1.165, 1.54) is 12.2 Å². The molecule has 0 aliphatic heterocycles. The molecule has 0 saturated carbocycles. The highest BCUT2D eigenvalue weighted by Gasteiger charge is 2.34. The number of aliphatic hydroxyl groups excluding tert-OH is 1. The van der Waals surface area contributed by atoms with Crippen molar-refractivity contribution in [3.8, 4) is 6.07 Å². The Kier molecular flexibility index (Phi) is 19.4. The van der Waals surface area contributed by atoms with Crippen LogP contribution in [0.3, 0.4) is 0 Å². The summed E-state index contributed by atoms with van der Waals surface area (Å²) in [5.41, 5.74) is 6.87. The molecule has 0 heterocycles. The third-order valence-corrected chi connectivity index (χ3v) is 9.96. The third-order valence-electron chi connectivity index (χ3n) is 8.17. The summed E-state index contributed by atoms with van der Waals surface area (Å²) in [6.45, 7) is 4.45. The van der Waals surface area contributed by atoms with Crippen LogP contribution < -0.4 is 21.7 Å². The van der Waals surface area contributed by atoms with E-state index >= 15 is 0 Å². The number of carbonyl (C=O) groups excluding carboxylic acids is 5. The monoisotopic (exact) mass is 764 g/mol. The second-order valence-corrected chi connectivity index (χ2v) is 15.3. The van der Waals surface area contributed by atoms with Gasteiger partial charge < -0.3 is 26.8 Å². The van der Waals surface area contributed by atoms with Gasteiger partial charge in [-0.25, -0.2) is 12.7 Å². The van der Waals surface area contributed by atoms with Gasteiger partial charge in [0.25, 0.3) is 5.91 Å². The fraction of sp³-hybridized carbons (Fsp3) is 0.436. The van der Waals surface area contributed by atoms with Crippen molar-refractivity contribution in [1.82, 2.24) is 20.3 Å². The summed E-state index contributed by atoms with van der Waals surface area (Å²) in [6.07, 6.45) is 5.62. The van der Waals surface area contributed by atoms with Crippen molar-refractivity contribution >= 4 is 45.6 Å². The van der Waals surface area contributed by atoms with Gasteiger partial charge in [-0.15, -0.1) is 0 Å². The summed E-state index contributed by atoms with van der Waals surface area (Å²) in [6, 6.07) is 18.0. The number of nitrogens with one attached hydrogen (secondary N) is 3. The van der Waals surface area contributed by atoms with Crippen LogP contribution >= 0.6 is 0 Å². The van der Waals surface area contributed by atoms with Crippen LogP contribution in [0, 0.1) is 23.2 Å². The molecule has 2 aromatic carbocycles. The van der Waals surface area contributed by atoms with Gasteiger partial charge >= 0.3 is 0 Å². The lowest BCUT2D eigenvalue weighted by Gasteiger charge is -2.26. The van der Waals surface area contributed by atoms with Crippen LogP contribution in [0.1, 0.15) is 64.0 Å². The Morgan fingerprint density at radius 2 is 1.59 bits per heavy atom. The summed E-state index contributed by atoms with van der Waals surface area (Å²) in [5.74, 6) is -4.41. The maximum Gasteiger partial charge on any atom is 0.259 e. The molecule has 4 atom stereocenters. The molecule has 2 aromatic rings. The van der Waals surface area contributed by atoms with E-state index < -0.39 is 70.0 Å². The van der Waals surface area contributed by atoms with E-state index in [2.05, 4.69) is 16.0 Å². The predicted octanol–water partition coefficient (Wildman–Crippen LogP) is 2.36. The van der Waals surface area contributed by atoms with E-state index in [1.54, 1.807) is 44.2 Å². The summed E-state index contributed by atoms with van der Waals surface area (Å²) >= 11 is 0. The van der Waals surface area contributed by atoms with Crippen LogP contribution in [0.25, 0.3) is 6.08 Å². The third kappa shape index (κ3) is 17.0. The second-order valence-electron chi connectivity index (χ2n) is 13.3. The molecule has 0 fully saturated rings. The van der Waals surface area contributed by atoms with Gasteiger partial charge in [0.15, 0.2) is 0 Å². The largest absolute Gasteiger partial charge is 0.392 e. The van der Waals surface area contributed by atoms with Crippen molar-refractivity contribution in [3.05, 3.63) is 90.0 Å². The molecule has 14 nitrogen and oxygen atoms in total. The van der Waals surface area contributed by atoms with Crippen molar-refractivity contribution in [3.63, 3.8) is 0 Å². The first kappa shape index (κ1) is 44.8. The maximum absolute atomic E-state index is 13.4. The van der Waals surface area contributed by atoms with Gasteiger partial charge in [-0.1, -0.05) is 99.7 Å². The molecule has 0 radical (unpaired) electrons. The molecule has 5 amide bonds. The summed E-state index contributed by atoms with van der Waals surface area (Å²) < 4.78 is 26.2. The molecule has 15 heteroatoms. The summed E-state index contributed by atoms with van der Waals surface area (Å²) in [5, 5.41) is 27.7. The molecule has 0 bridgehead atoms. The maximum atomic E-state index is 13.4. The molecular formula is C39H52N6O8S. The first-order chi connectivity index (χ1) is 25.6. The number of hydrogen-bond donors (Lipinski definition) is 5. The van der Waals surface area contributed by atoms with E-state index in [9.17, 15) is 42.8 Å². The first-order valence-corrected chi connectivity index (χ1v) is 19.4. The number of aliphatic hydroxyl groups is 1. The minimum atomic E-state index is -4.31. The molecule has 0 aliphatic rings. The van der Waals surface area contributed by atoms with Crippen LogP contribution in [0.2, 0.25) is 0 Å². The average molecular weight is 765 g/mol. The second kappa shape index (κ2) is 23.4. The van der Waals surface area contributed by atoms with Gasteiger partial charge in [0, 0.05) is 31.7 Å². The molecular weight excluding hydrogens is 713 g/mol. The van der Waals surface area contributed by atoms with Crippen molar-refractivity contribution in [1.29, 1.82) is 5.26 Å². The smallest absolute Gasteiger partial charge is 0.259 e. The molecule has 0 saturated heterocycles. The van der Waals surface area contributed by atoms with E-state index in [-0.39, 0.29) is 56.9 Å². The molecule has 6 N–H and O–H groups in total. The van der Waals surface area contributed by atoms with Crippen molar-refractivity contribution < 1.29 is 37.5 Å². The lowest BCUT2D eigenvalue weighted by Crippen LogP contribution is -2.52. The fourth-order valence-corrected chi connectivity index (χ4v) is 6.62. The number of carbonyl (C=O) groups is 5. The molecule has 0 unspecified atom stereocenters. The lowest BCUT2D eigenvalue weighted by atomic mass is 10.00. The highest BCUT2D eigenvalue weighted by Crippen LogP contribution is 2.14. The Labute approximate surface area is 317 Å². The Bertz CT molecular complexity index is 1740. The number of hydrogen-bond acceptors (Lipinski definition) is 9. The fourth-order valence-electron chi connectivity index (χ4n) is 5.24. The lowest BCUT2D eigenvalue weighted by molar-refractivity contribution is -0.133. The van der Waals surface area contributed by atoms with Gasteiger partial charge in [0.2, 0.25) is 33.7 Å². The number of benzene rings is 2. The van der Waals surface area contributed by atoms with Crippen molar-refractivity contribution in [2.45, 2.75) is 77.5 Å². The summed E-state index contributed by atoms with van der Waals surface area (Å²) in [7, 11) is -4.31. The minimum Gasteiger partial charge on any atom is -0.392 e. The zero-order chi connectivity index (χ0) is 40.1. The average Bonchev–Trinajstić information content (AvgIpc) is 3.12. The van der Waals surface area contributed by atoms with Crippen LogP contribution in [0.15, 0.2) is 78.9 Å². The molecule has 54 heavy (non-hydrogen) atoms. The van der Waals surface area contributed by atoms with Crippen LogP contribution in [0.4, 0.5) is 0 Å². The zero-order valence-electron chi connectivity index (χ0n) is 31.0. The highest BCUT2D eigenvalue weighted by atomic mass is 32.2. The summed E-state index contributed by atoms with van der Waals surface area (Å²) in [4.78, 5) is 63.6. The van der Waals surface area contributed by atoms with Gasteiger partial charge in [-0.3, -0.25) is 24.0 Å². The van der Waals surface area contributed by atoms with Crippen molar-refractivity contribution in [2.75, 3.05) is 18.8 Å². The van der Waals surface area contributed by atoms with Crippen molar-refractivity contribution in [2.24, 2.45) is 17.6 Å². The van der Waals surface area contributed by atoms with Gasteiger partial charge in [-0.2, -0.15) is 5.26 Å². The van der Waals surface area contributed by atoms with Crippen LogP contribution in [-0.2, 0) is 40.4 Å². The topological polar surface area (TPSA) is 229 Å². The molecule has 2 rings (SSSR count). The number of nitrogens with zero attached hydrogens (tertiary/aromatic N) is 2. The van der Waals surface area contributed by atoms with Crippen LogP contribution in [-0.4, -0.2) is 84.4 Å². The number of sulfonamides is 1. The normalized spacial score (nSPS) is 13.8. The number of primary amides is 1. The minimum absolute atomic E-state index is 0.0642. The van der Waals surface area contributed by atoms with Gasteiger partial charge in [0.1, 0.15) is 18.6 Å². The van der Waals surface area contributed by atoms with E-state index in [4.69, 9.17) is 5.73 Å². The number of nitrogens with two attached hydrogens (primary N) is 1. The highest BCUT2D eigenvalue weighted by molar-refractivity contribution is 7.89.